The molecule has 12 nitrogen and oxygen atoms in total. The lowest BCUT2D eigenvalue weighted by Crippen LogP contribution is -2.66. The molecule has 1 unspecified atom stereocenters. The number of ether oxygens (including phenoxy) is 3. The molecular weight excluding hydrogens is 635 g/mol. The van der Waals surface area contributed by atoms with Gasteiger partial charge in [-0.15, -0.1) is 0 Å². The van der Waals surface area contributed by atoms with Crippen LogP contribution in [0.3, 0.4) is 0 Å². The van der Waals surface area contributed by atoms with Crippen molar-refractivity contribution in [2.45, 2.75) is 139 Å². The summed E-state index contributed by atoms with van der Waals surface area (Å²) >= 11 is 0. The first-order chi connectivity index (χ1) is 21.1. The maximum absolute atomic E-state index is 13.3. The van der Waals surface area contributed by atoms with E-state index in [0.29, 0.717) is 13.0 Å². The van der Waals surface area contributed by atoms with Crippen molar-refractivity contribution in [3.05, 3.63) is 40.3 Å². The molecule has 0 aliphatic carbocycles. The Kier molecular flexibility index (Phi) is 11.7. The number of benzene rings is 1. The molecule has 0 radical (unpaired) electrons. The van der Waals surface area contributed by atoms with Gasteiger partial charge in [-0.25, -0.2) is 0 Å². The van der Waals surface area contributed by atoms with E-state index in [1.54, 1.807) is 12.1 Å². The molecule has 0 saturated carbocycles. The van der Waals surface area contributed by atoms with Gasteiger partial charge in [0.2, 0.25) is 5.72 Å². The topological polar surface area (TPSA) is 148 Å². The van der Waals surface area contributed by atoms with Crippen molar-refractivity contribution in [1.29, 1.82) is 0 Å². The molecule has 1 aromatic carbocycles. The van der Waals surface area contributed by atoms with E-state index in [4.69, 9.17) is 31.4 Å². The zero-order chi connectivity index (χ0) is 33.2. The predicted octanol–water partition coefficient (Wildman–Crippen LogP) is 6.97. The summed E-state index contributed by atoms with van der Waals surface area (Å²) in [6.07, 6.45) is -0.861. The van der Waals surface area contributed by atoms with E-state index in [1.165, 1.54) is 12.1 Å². The normalized spacial score (nSPS) is 30.2. The highest BCUT2D eigenvalue weighted by molar-refractivity contribution is 7.86. The van der Waals surface area contributed by atoms with Gasteiger partial charge in [0.05, 0.1) is 11.5 Å². The fraction of sp³-hybridized carbons (Fsp3) is 0.800. The maximum atomic E-state index is 13.3. The van der Waals surface area contributed by atoms with Crippen LogP contribution in [0.2, 0.25) is 22.2 Å². The molecule has 0 amide bonds. The first-order valence-corrected chi connectivity index (χ1v) is 21.5. The third kappa shape index (κ3) is 7.38. The number of aryl methyl sites for hydroxylation is 1. The van der Waals surface area contributed by atoms with Crippen LogP contribution >= 0.6 is 0 Å². The van der Waals surface area contributed by atoms with Crippen molar-refractivity contribution < 1.29 is 39.8 Å². The quantitative estimate of drug-likeness (QED) is 0.0791. The van der Waals surface area contributed by atoms with Gasteiger partial charge >= 0.3 is 17.1 Å². The van der Waals surface area contributed by atoms with Crippen molar-refractivity contribution in [3.63, 3.8) is 0 Å². The predicted molar refractivity (Wildman–Crippen MR) is 173 cm³/mol. The van der Waals surface area contributed by atoms with Gasteiger partial charge < -0.3 is 27.2 Å². The van der Waals surface area contributed by atoms with Crippen molar-refractivity contribution in [2.75, 3.05) is 19.8 Å². The molecule has 1 aromatic rings. The minimum Gasteiger partial charge on any atom is -0.414 e. The smallest absolute Gasteiger partial charge is 0.335 e. The Bertz CT molecular complexity index is 1290. The summed E-state index contributed by atoms with van der Waals surface area (Å²) in [7, 11) is -10.3. The molecule has 3 aliphatic rings. The molecule has 254 valence electrons. The molecule has 0 N–H and O–H groups in total. The highest BCUT2D eigenvalue weighted by Gasteiger charge is 2.65. The monoisotopic (exact) mass is 685 g/mol. The van der Waals surface area contributed by atoms with Crippen molar-refractivity contribution in [1.82, 2.24) is 0 Å². The molecule has 15 heteroatoms. The van der Waals surface area contributed by atoms with E-state index in [0.717, 1.165) is 18.4 Å². The molecule has 45 heavy (non-hydrogen) atoms. The van der Waals surface area contributed by atoms with Crippen LogP contribution in [0.25, 0.3) is 10.4 Å². The lowest BCUT2D eigenvalue weighted by Gasteiger charge is -2.51. The molecule has 0 aromatic heterocycles. The number of hydrogen-bond donors (Lipinski definition) is 0. The molecule has 5 atom stereocenters. The molecule has 3 heterocycles. The highest BCUT2D eigenvalue weighted by atomic mass is 32.2. The second-order valence-electron chi connectivity index (χ2n) is 13.6. The minimum absolute atomic E-state index is 0.0171. The summed E-state index contributed by atoms with van der Waals surface area (Å²) in [5, 5.41) is 4.08. The Balaban J connectivity index is 1.81. The van der Waals surface area contributed by atoms with E-state index in [-0.39, 0.29) is 33.7 Å². The van der Waals surface area contributed by atoms with Crippen molar-refractivity contribution >= 4 is 27.2 Å². The largest absolute Gasteiger partial charge is 0.414 e. The molecule has 3 fully saturated rings. The summed E-state index contributed by atoms with van der Waals surface area (Å²) in [4.78, 5) is 3.09. The third-order valence-corrected chi connectivity index (χ3v) is 20.7. The molecule has 3 aliphatic heterocycles. The number of rotatable bonds is 11. The summed E-state index contributed by atoms with van der Waals surface area (Å²) < 4.78 is 72.8. The summed E-state index contributed by atoms with van der Waals surface area (Å²) in [5.41, 5.74) is 9.10. The van der Waals surface area contributed by atoms with Gasteiger partial charge in [-0.2, -0.15) is 8.42 Å². The van der Waals surface area contributed by atoms with Crippen LogP contribution in [0, 0.1) is 6.92 Å². The molecule has 0 bridgehead atoms. The van der Waals surface area contributed by atoms with Crippen LogP contribution in [0.15, 0.2) is 34.3 Å². The third-order valence-electron chi connectivity index (χ3n) is 9.18. The number of nitrogens with zero attached hydrogens (tertiary/aromatic N) is 3. The molecule has 4 rings (SSSR count). The fourth-order valence-electron chi connectivity index (χ4n) is 6.65. The van der Waals surface area contributed by atoms with Gasteiger partial charge in [-0.3, -0.25) is 4.18 Å². The van der Waals surface area contributed by atoms with Crippen LogP contribution in [0.4, 0.5) is 0 Å². The van der Waals surface area contributed by atoms with E-state index < -0.39 is 64.2 Å². The summed E-state index contributed by atoms with van der Waals surface area (Å²) in [6, 6.07) is 6.32. The summed E-state index contributed by atoms with van der Waals surface area (Å²) in [5.74, 6) is 0. The number of fused-ring (bicyclic) bond motifs is 1. The maximum Gasteiger partial charge on any atom is 0.335 e. The van der Waals surface area contributed by atoms with Gasteiger partial charge in [0.25, 0.3) is 10.1 Å². The Hall–Kier alpha value is -1.37. The number of azide groups is 1. The average molecular weight is 686 g/mol. The van der Waals surface area contributed by atoms with Gasteiger partial charge in [0.15, 0.2) is 6.29 Å². The van der Waals surface area contributed by atoms with Gasteiger partial charge in [0.1, 0.15) is 24.9 Å². The van der Waals surface area contributed by atoms with Crippen LogP contribution in [0.1, 0.15) is 80.2 Å². The van der Waals surface area contributed by atoms with E-state index in [2.05, 4.69) is 65.4 Å². The van der Waals surface area contributed by atoms with Gasteiger partial charge in [-0.05, 0) is 66.0 Å². The SMILES string of the molecule is Cc1ccc(S(=O)(=O)OC[C@@]2(N=[N+]=[N-])O[C@@H]3CO[Si](C(C)C)(C(C)C)O[Si](C(C)C)(C(C)C)O[C@H]3[C@H]2OC2CCCCO2)cc1. The Morgan fingerprint density at radius 3 is 2.16 bits per heavy atom. The fourth-order valence-corrected chi connectivity index (χ4v) is 18.8. The zero-order valence-corrected chi connectivity index (χ0v) is 30.9. The Labute approximate surface area is 270 Å². The average Bonchev–Trinajstić information content (AvgIpc) is 3.23. The second-order valence-corrected chi connectivity index (χ2v) is 24.1. The van der Waals surface area contributed by atoms with Crippen LogP contribution in [-0.4, -0.2) is 75.7 Å². The zero-order valence-electron chi connectivity index (χ0n) is 28.1. The van der Waals surface area contributed by atoms with Crippen LogP contribution < -0.4 is 0 Å². The van der Waals surface area contributed by atoms with Gasteiger partial charge in [-0.1, -0.05) is 78.2 Å². The second kappa shape index (κ2) is 14.4. The molecule has 0 spiro atoms. The Morgan fingerprint density at radius 2 is 1.62 bits per heavy atom. The van der Waals surface area contributed by atoms with Crippen molar-refractivity contribution in [2.24, 2.45) is 5.11 Å². The van der Waals surface area contributed by atoms with E-state index in [9.17, 15) is 13.9 Å². The lowest BCUT2D eigenvalue weighted by atomic mass is 10.0. The van der Waals surface area contributed by atoms with Crippen LogP contribution in [0.5, 0.6) is 0 Å². The Morgan fingerprint density at radius 1 is 1.00 bits per heavy atom. The lowest BCUT2D eigenvalue weighted by molar-refractivity contribution is -0.226. The minimum atomic E-state index is -4.25. The molecule has 3 saturated heterocycles. The number of hydrogen-bond acceptors (Lipinski definition) is 10. The van der Waals surface area contributed by atoms with Crippen LogP contribution in [-0.2, 0) is 41.5 Å². The first kappa shape index (κ1) is 36.5. The van der Waals surface area contributed by atoms with Crippen molar-refractivity contribution in [3.8, 4) is 0 Å². The van der Waals surface area contributed by atoms with E-state index in [1.807, 2.05) is 6.92 Å². The first-order valence-electron chi connectivity index (χ1n) is 16.1. The summed E-state index contributed by atoms with van der Waals surface area (Å²) in [6.45, 7) is 18.8. The standard InChI is InChI=1S/C30H51N3O9SSi2/c1-20(2)44(21(3)4)38-18-26-28(41-45(42-44,22(5)6)23(7)8)29(39-27-12-10-11-17-36-27)30(40-26,32-33-31)19-37-43(34,35)25-15-13-24(9)14-16-25/h13-16,20-23,26-29H,10-12,17-19H2,1-9H3/t26-,27?,28-,29-,30-/m1/s1. The molecular formula is C30H51N3O9SSi2. The highest BCUT2D eigenvalue weighted by Crippen LogP contribution is 2.50. The van der Waals surface area contributed by atoms with Gasteiger partial charge in [0, 0.05) is 11.5 Å². The van der Waals surface area contributed by atoms with E-state index >= 15 is 0 Å².